The van der Waals surface area contributed by atoms with Crippen molar-refractivity contribution < 1.29 is 13.9 Å². The SMILES string of the molecule is CO[C@H]1CCN(C(=O)[C@H]2CCCCN2)C[C@H]1F. The predicted molar refractivity (Wildman–Crippen MR) is 62.5 cm³/mol. The summed E-state index contributed by atoms with van der Waals surface area (Å²) in [7, 11) is 1.53. The fourth-order valence-corrected chi connectivity index (χ4v) is 2.63. The Hall–Kier alpha value is -0.680. The van der Waals surface area contributed by atoms with Crippen LogP contribution in [-0.2, 0) is 9.53 Å². The highest BCUT2D eigenvalue weighted by Crippen LogP contribution is 2.19. The first-order chi connectivity index (χ1) is 8.22. The van der Waals surface area contributed by atoms with Gasteiger partial charge in [-0.1, -0.05) is 6.42 Å². The molecule has 2 rings (SSSR count). The maximum absolute atomic E-state index is 13.7. The molecule has 0 unspecified atom stereocenters. The second-order valence-corrected chi connectivity index (χ2v) is 4.87. The average molecular weight is 244 g/mol. The van der Waals surface area contributed by atoms with Gasteiger partial charge >= 0.3 is 0 Å². The number of likely N-dealkylation sites (tertiary alicyclic amines) is 1. The molecule has 2 aliphatic rings. The van der Waals surface area contributed by atoms with E-state index >= 15 is 0 Å². The maximum Gasteiger partial charge on any atom is 0.239 e. The molecule has 3 atom stereocenters. The van der Waals surface area contributed by atoms with Gasteiger partial charge < -0.3 is 15.0 Å². The largest absolute Gasteiger partial charge is 0.378 e. The Morgan fingerprint density at radius 1 is 1.41 bits per heavy atom. The third kappa shape index (κ3) is 2.96. The van der Waals surface area contributed by atoms with E-state index in [0.29, 0.717) is 13.0 Å². The van der Waals surface area contributed by atoms with Crippen molar-refractivity contribution in [1.29, 1.82) is 0 Å². The number of methoxy groups -OCH3 is 1. The van der Waals surface area contributed by atoms with Gasteiger partial charge in [-0.3, -0.25) is 4.79 Å². The van der Waals surface area contributed by atoms with Crippen LogP contribution < -0.4 is 5.32 Å². The molecule has 98 valence electrons. The number of piperidine rings is 2. The number of carbonyl (C=O) groups is 1. The summed E-state index contributed by atoms with van der Waals surface area (Å²) >= 11 is 0. The van der Waals surface area contributed by atoms with Crippen molar-refractivity contribution in [2.24, 2.45) is 0 Å². The van der Waals surface area contributed by atoms with Crippen LogP contribution in [0.1, 0.15) is 25.7 Å². The Bertz CT molecular complexity index is 269. The highest BCUT2D eigenvalue weighted by Gasteiger charge is 2.34. The number of alkyl halides is 1. The zero-order valence-corrected chi connectivity index (χ0v) is 10.3. The number of rotatable bonds is 2. The van der Waals surface area contributed by atoms with Gasteiger partial charge in [0.05, 0.1) is 18.7 Å². The van der Waals surface area contributed by atoms with E-state index in [-0.39, 0.29) is 24.6 Å². The molecule has 5 heteroatoms. The van der Waals surface area contributed by atoms with Crippen molar-refractivity contribution in [2.75, 3.05) is 26.7 Å². The van der Waals surface area contributed by atoms with E-state index < -0.39 is 6.17 Å². The average Bonchev–Trinajstić information content (AvgIpc) is 2.39. The summed E-state index contributed by atoms with van der Waals surface area (Å²) in [6.07, 6.45) is 2.27. The smallest absolute Gasteiger partial charge is 0.239 e. The minimum absolute atomic E-state index is 0.0573. The standard InChI is InChI=1S/C12H21FN2O2/c1-17-11-5-7-15(8-9(11)13)12(16)10-4-2-3-6-14-10/h9-11,14H,2-8H2,1H3/t9-,10-,11+/m1/s1. The molecular formula is C12H21FN2O2. The van der Waals surface area contributed by atoms with Crippen LogP contribution in [0, 0.1) is 0 Å². The van der Waals surface area contributed by atoms with E-state index in [9.17, 15) is 9.18 Å². The molecule has 2 aliphatic heterocycles. The number of halogens is 1. The van der Waals surface area contributed by atoms with Crippen LogP contribution in [0.2, 0.25) is 0 Å². The number of ether oxygens (including phenoxy) is 1. The monoisotopic (exact) mass is 244 g/mol. The Morgan fingerprint density at radius 2 is 2.24 bits per heavy atom. The zero-order chi connectivity index (χ0) is 12.3. The zero-order valence-electron chi connectivity index (χ0n) is 10.3. The van der Waals surface area contributed by atoms with Crippen LogP contribution in [0.5, 0.6) is 0 Å². The highest BCUT2D eigenvalue weighted by atomic mass is 19.1. The molecule has 0 aromatic heterocycles. The summed E-state index contributed by atoms with van der Waals surface area (Å²) < 4.78 is 18.7. The van der Waals surface area contributed by atoms with Crippen LogP contribution in [0.25, 0.3) is 0 Å². The minimum Gasteiger partial charge on any atom is -0.378 e. The first kappa shape index (κ1) is 12.8. The fraction of sp³-hybridized carbons (Fsp3) is 0.917. The highest BCUT2D eigenvalue weighted by molar-refractivity contribution is 5.82. The second-order valence-electron chi connectivity index (χ2n) is 4.87. The number of hydrogen-bond acceptors (Lipinski definition) is 3. The molecule has 2 heterocycles. The lowest BCUT2D eigenvalue weighted by Gasteiger charge is -2.36. The molecule has 0 aromatic carbocycles. The van der Waals surface area contributed by atoms with E-state index in [2.05, 4.69) is 5.32 Å². The Morgan fingerprint density at radius 3 is 2.82 bits per heavy atom. The molecule has 2 saturated heterocycles. The van der Waals surface area contributed by atoms with Gasteiger partial charge in [0.1, 0.15) is 6.17 Å². The molecule has 0 radical (unpaired) electrons. The van der Waals surface area contributed by atoms with Gasteiger partial charge in [0, 0.05) is 13.7 Å². The molecule has 17 heavy (non-hydrogen) atoms. The third-order valence-corrected chi connectivity index (χ3v) is 3.70. The van der Waals surface area contributed by atoms with Crippen LogP contribution in [-0.4, -0.2) is 55.9 Å². The van der Waals surface area contributed by atoms with Crippen molar-refractivity contribution in [2.45, 2.75) is 44.0 Å². The van der Waals surface area contributed by atoms with Crippen LogP contribution in [0.4, 0.5) is 4.39 Å². The number of nitrogens with zero attached hydrogens (tertiary/aromatic N) is 1. The number of carbonyl (C=O) groups excluding carboxylic acids is 1. The fourth-order valence-electron chi connectivity index (χ4n) is 2.63. The maximum atomic E-state index is 13.7. The molecule has 4 nitrogen and oxygen atoms in total. The van der Waals surface area contributed by atoms with Crippen molar-refractivity contribution in [1.82, 2.24) is 10.2 Å². The summed E-state index contributed by atoms with van der Waals surface area (Å²) in [6, 6.07) is -0.102. The topological polar surface area (TPSA) is 41.6 Å². The number of amides is 1. The van der Waals surface area contributed by atoms with Gasteiger partial charge in [0.25, 0.3) is 0 Å². The van der Waals surface area contributed by atoms with E-state index in [4.69, 9.17) is 4.74 Å². The summed E-state index contributed by atoms with van der Waals surface area (Å²) in [5.74, 6) is 0.0573. The quantitative estimate of drug-likeness (QED) is 0.778. The minimum atomic E-state index is -1.05. The molecule has 0 spiro atoms. The molecule has 0 aliphatic carbocycles. The summed E-state index contributed by atoms with van der Waals surface area (Å²) in [6.45, 7) is 1.68. The summed E-state index contributed by atoms with van der Waals surface area (Å²) in [5, 5.41) is 3.21. The number of hydrogen-bond donors (Lipinski definition) is 1. The van der Waals surface area contributed by atoms with Gasteiger partial charge in [0.2, 0.25) is 5.91 Å². The lowest BCUT2D eigenvalue weighted by atomic mass is 10.0. The Balaban J connectivity index is 1.87. The molecule has 0 bridgehead atoms. The Kier molecular flexibility index (Phi) is 4.34. The molecule has 0 saturated carbocycles. The number of nitrogens with one attached hydrogen (secondary N) is 1. The molecule has 1 N–H and O–H groups in total. The lowest BCUT2D eigenvalue weighted by Crippen LogP contribution is -2.54. The van der Waals surface area contributed by atoms with Crippen molar-refractivity contribution in [3.05, 3.63) is 0 Å². The first-order valence-electron chi connectivity index (χ1n) is 6.41. The normalized spacial score (nSPS) is 34.7. The van der Waals surface area contributed by atoms with Crippen molar-refractivity contribution in [3.63, 3.8) is 0 Å². The van der Waals surface area contributed by atoms with Gasteiger partial charge in [-0.15, -0.1) is 0 Å². The van der Waals surface area contributed by atoms with E-state index in [0.717, 1.165) is 25.8 Å². The van der Waals surface area contributed by atoms with Crippen LogP contribution in [0.3, 0.4) is 0 Å². The second kappa shape index (κ2) is 5.78. The van der Waals surface area contributed by atoms with Gasteiger partial charge in [-0.05, 0) is 25.8 Å². The van der Waals surface area contributed by atoms with Crippen molar-refractivity contribution in [3.8, 4) is 0 Å². The van der Waals surface area contributed by atoms with E-state index in [1.165, 1.54) is 7.11 Å². The van der Waals surface area contributed by atoms with Gasteiger partial charge in [-0.2, -0.15) is 0 Å². The Labute approximate surface area is 101 Å². The molecule has 0 aromatic rings. The van der Waals surface area contributed by atoms with Crippen LogP contribution in [0.15, 0.2) is 0 Å². The summed E-state index contributed by atoms with van der Waals surface area (Å²) in [5.41, 5.74) is 0. The van der Waals surface area contributed by atoms with E-state index in [1.54, 1.807) is 4.90 Å². The first-order valence-corrected chi connectivity index (χ1v) is 6.41. The molecular weight excluding hydrogens is 223 g/mol. The molecule has 1 amide bonds. The lowest BCUT2D eigenvalue weighted by molar-refractivity contribution is -0.139. The van der Waals surface area contributed by atoms with Gasteiger partial charge in [0.15, 0.2) is 0 Å². The summed E-state index contributed by atoms with van der Waals surface area (Å²) in [4.78, 5) is 13.8. The van der Waals surface area contributed by atoms with E-state index in [1.807, 2.05) is 0 Å². The van der Waals surface area contributed by atoms with Gasteiger partial charge in [-0.25, -0.2) is 4.39 Å². The molecule has 2 fully saturated rings. The predicted octanol–water partition coefficient (Wildman–Crippen LogP) is 0.714. The third-order valence-electron chi connectivity index (χ3n) is 3.70. The van der Waals surface area contributed by atoms with Crippen molar-refractivity contribution >= 4 is 5.91 Å². The van der Waals surface area contributed by atoms with Crippen LogP contribution >= 0.6 is 0 Å².